The zero-order chi connectivity index (χ0) is 10.4. The van der Waals surface area contributed by atoms with E-state index in [2.05, 4.69) is 0 Å². The molecule has 1 atom stereocenters. The first-order valence-electron chi connectivity index (χ1n) is 4.91. The highest BCUT2D eigenvalue weighted by Crippen LogP contribution is 2.01. The lowest BCUT2D eigenvalue weighted by Crippen LogP contribution is -2.41. The van der Waals surface area contributed by atoms with Crippen LogP contribution >= 0.6 is 0 Å². The number of hydrogen-bond donors (Lipinski definition) is 1. The molecule has 1 heterocycles. The third kappa shape index (κ3) is 5.92. The molecule has 1 amide bonds. The van der Waals surface area contributed by atoms with Gasteiger partial charge in [-0.05, 0) is 6.42 Å². The van der Waals surface area contributed by atoms with Crippen molar-refractivity contribution in [1.82, 2.24) is 4.90 Å². The third-order valence-corrected chi connectivity index (χ3v) is 2.14. The number of rotatable bonds is 3. The Kier molecular flexibility index (Phi) is 10.3. The zero-order valence-electron chi connectivity index (χ0n) is 8.44. The Hall–Kier alpha value is -0.810. The molecular formula is C11H25NO4. The number of carbonyl (C=O) groups excluding carboxylic acids is 1. The van der Waals surface area contributed by atoms with E-state index in [4.69, 9.17) is 9.47 Å². The fourth-order valence-corrected chi connectivity index (χ4v) is 1.12. The van der Waals surface area contributed by atoms with Crippen LogP contribution in [0.15, 0.2) is 0 Å². The number of amides is 1. The molecule has 16 heavy (non-hydrogen) atoms. The van der Waals surface area contributed by atoms with Gasteiger partial charge in [-0.15, -0.1) is 0 Å². The lowest BCUT2D eigenvalue weighted by Gasteiger charge is -2.26. The topological polar surface area (TPSA) is 59.0 Å². The van der Waals surface area contributed by atoms with Crippen LogP contribution in [0.2, 0.25) is 0 Å². The van der Waals surface area contributed by atoms with E-state index in [9.17, 15) is 9.90 Å². The molecule has 1 aliphatic rings. The van der Waals surface area contributed by atoms with Crippen LogP contribution in [0.3, 0.4) is 0 Å². The minimum atomic E-state index is -0.556. The van der Waals surface area contributed by atoms with E-state index < -0.39 is 6.10 Å². The molecule has 0 radical (unpaired) electrons. The van der Waals surface area contributed by atoms with E-state index >= 15 is 0 Å². The second-order valence-corrected chi connectivity index (χ2v) is 3.24. The van der Waals surface area contributed by atoms with Crippen LogP contribution in [-0.2, 0) is 9.47 Å². The molecule has 0 bridgehead atoms. The normalized spacial score (nSPS) is 16.8. The summed E-state index contributed by atoms with van der Waals surface area (Å²) in [5, 5.41) is 9.18. The number of carbonyl (C=O) groups is 1. The van der Waals surface area contributed by atoms with Gasteiger partial charge in [-0.25, -0.2) is 4.79 Å². The lowest BCUT2D eigenvalue weighted by atomic mass is 10.3. The van der Waals surface area contributed by atoms with E-state index in [1.54, 1.807) is 4.90 Å². The third-order valence-electron chi connectivity index (χ3n) is 2.14. The maximum atomic E-state index is 11.4. The minimum Gasteiger partial charge on any atom is -0.447 e. The highest BCUT2D eigenvalue weighted by Gasteiger charge is 2.18. The van der Waals surface area contributed by atoms with Crippen molar-refractivity contribution in [3.8, 4) is 0 Å². The lowest BCUT2D eigenvalue weighted by molar-refractivity contribution is 0.0106. The van der Waals surface area contributed by atoms with Gasteiger partial charge in [-0.1, -0.05) is 21.8 Å². The zero-order valence-corrected chi connectivity index (χ0v) is 8.44. The molecule has 0 aromatic rings. The van der Waals surface area contributed by atoms with Crippen molar-refractivity contribution >= 4 is 6.09 Å². The molecule has 1 N–H and O–H groups in total. The molecule has 0 saturated carbocycles. The second-order valence-electron chi connectivity index (χ2n) is 3.24. The van der Waals surface area contributed by atoms with Crippen molar-refractivity contribution in [2.45, 2.75) is 34.3 Å². The van der Waals surface area contributed by atoms with E-state index in [-0.39, 0.29) is 27.6 Å². The number of aliphatic hydroxyl groups is 1. The molecule has 98 valence electrons. The van der Waals surface area contributed by atoms with Gasteiger partial charge in [0.25, 0.3) is 0 Å². The fraction of sp³-hybridized carbons (Fsp3) is 0.909. The van der Waals surface area contributed by atoms with Crippen LogP contribution in [0.5, 0.6) is 0 Å². The number of ether oxygens (including phenoxy) is 2. The van der Waals surface area contributed by atoms with Crippen molar-refractivity contribution in [3.63, 3.8) is 0 Å². The van der Waals surface area contributed by atoms with Crippen molar-refractivity contribution in [2.24, 2.45) is 0 Å². The average molecular weight is 235 g/mol. The molecule has 1 fully saturated rings. The summed E-state index contributed by atoms with van der Waals surface area (Å²) in [5.74, 6) is 0. The fourth-order valence-electron chi connectivity index (χ4n) is 1.12. The highest BCUT2D eigenvalue weighted by molar-refractivity contribution is 5.67. The van der Waals surface area contributed by atoms with Crippen LogP contribution in [0.1, 0.15) is 28.2 Å². The Bertz CT molecular complexity index is 181. The smallest absolute Gasteiger partial charge is 0.410 e. The summed E-state index contributed by atoms with van der Waals surface area (Å²) in [4.78, 5) is 12.9. The second kappa shape index (κ2) is 9.42. The van der Waals surface area contributed by atoms with E-state index in [0.29, 0.717) is 32.7 Å². The number of morpholine rings is 1. The molecule has 1 saturated heterocycles. The van der Waals surface area contributed by atoms with Gasteiger partial charge >= 0.3 is 6.09 Å². The summed E-state index contributed by atoms with van der Waals surface area (Å²) in [6, 6.07) is 0. The summed E-state index contributed by atoms with van der Waals surface area (Å²) in [5.41, 5.74) is 0. The predicted molar refractivity (Wildman–Crippen MR) is 63.5 cm³/mol. The standard InChI is InChI=1S/C9H17NO4.2CH4/c1-2-8(11)7-14-9(12)10-3-5-13-6-4-10;;/h8,11H,2-7H2,1H3;2*1H4. The predicted octanol–water partition coefficient (Wildman–Crippen LogP) is 1.50. The summed E-state index contributed by atoms with van der Waals surface area (Å²) in [7, 11) is 0. The first-order valence-corrected chi connectivity index (χ1v) is 4.91. The molecule has 0 aromatic heterocycles. The SMILES string of the molecule is C.C.CCC(O)COC(=O)N1CCOCC1. The Morgan fingerprint density at radius 2 is 2.00 bits per heavy atom. The molecule has 1 unspecified atom stereocenters. The van der Waals surface area contributed by atoms with Crippen LogP contribution in [0.4, 0.5) is 4.79 Å². The van der Waals surface area contributed by atoms with Gasteiger partial charge in [0.05, 0.1) is 19.3 Å². The summed E-state index contributed by atoms with van der Waals surface area (Å²) < 4.78 is 10.0. The van der Waals surface area contributed by atoms with Gasteiger partial charge in [-0.3, -0.25) is 0 Å². The molecule has 1 rings (SSSR count). The quantitative estimate of drug-likeness (QED) is 0.805. The number of hydrogen-bond acceptors (Lipinski definition) is 4. The van der Waals surface area contributed by atoms with E-state index in [1.165, 1.54) is 0 Å². The first-order chi connectivity index (χ1) is 6.74. The van der Waals surface area contributed by atoms with Crippen LogP contribution in [0, 0.1) is 0 Å². The summed E-state index contributed by atoms with van der Waals surface area (Å²) >= 11 is 0. The molecule has 5 nitrogen and oxygen atoms in total. The van der Waals surface area contributed by atoms with Gasteiger partial charge in [0.15, 0.2) is 0 Å². The Balaban J connectivity index is 0. The Labute approximate surface area is 98.3 Å². The average Bonchev–Trinajstić information content (AvgIpc) is 2.26. The van der Waals surface area contributed by atoms with Crippen molar-refractivity contribution in [3.05, 3.63) is 0 Å². The van der Waals surface area contributed by atoms with Crippen LogP contribution in [0.25, 0.3) is 0 Å². The molecule has 5 heteroatoms. The number of nitrogens with zero attached hydrogens (tertiary/aromatic N) is 1. The van der Waals surface area contributed by atoms with Crippen molar-refractivity contribution in [2.75, 3.05) is 32.9 Å². The molecule has 0 aromatic carbocycles. The van der Waals surface area contributed by atoms with Gasteiger partial charge in [0.2, 0.25) is 0 Å². The van der Waals surface area contributed by atoms with Crippen LogP contribution < -0.4 is 0 Å². The van der Waals surface area contributed by atoms with Gasteiger partial charge < -0.3 is 19.5 Å². The summed E-state index contributed by atoms with van der Waals surface area (Å²) in [6.45, 7) is 4.18. The van der Waals surface area contributed by atoms with Crippen molar-refractivity contribution < 1.29 is 19.4 Å². The van der Waals surface area contributed by atoms with Gasteiger partial charge in [-0.2, -0.15) is 0 Å². The molecular weight excluding hydrogens is 210 g/mol. The largest absolute Gasteiger partial charge is 0.447 e. The first kappa shape index (κ1) is 17.6. The highest BCUT2D eigenvalue weighted by atomic mass is 16.6. The minimum absolute atomic E-state index is 0. The van der Waals surface area contributed by atoms with Crippen LogP contribution in [-0.4, -0.2) is 55.1 Å². The molecule has 0 aliphatic carbocycles. The van der Waals surface area contributed by atoms with Gasteiger partial charge in [0.1, 0.15) is 6.61 Å². The molecule has 0 spiro atoms. The van der Waals surface area contributed by atoms with Gasteiger partial charge in [0, 0.05) is 13.1 Å². The van der Waals surface area contributed by atoms with Crippen molar-refractivity contribution in [1.29, 1.82) is 0 Å². The van der Waals surface area contributed by atoms with E-state index in [1.807, 2.05) is 6.92 Å². The molecule has 1 aliphatic heterocycles. The number of aliphatic hydroxyl groups excluding tert-OH is 1. The Morgan fingerprint density at radius 3 is 2.50 bits per heavy atom. The maximum Gasteiger partial charge on any atom is 0.410 e. The monoisotopic (exact) mass is 235 g/mol. The maximum absolute atomic E-state index is 11.4. The Morgan fingerprint density at radius 1 is 1.44 bits per heavy atom. The summed E-state index contributed by atoms with van der Waals surface area (Å²) in [6.07, 6.45) is -0.322. The van der Waals surface area contributed by atoms with E-state index in [0.717, 1.165) is 0 Å².